The molecule has 6 aromatic rings. The number of halogens is 2. The van der Waals surface area contributed by atoms with E-state index in [-0.39, 0.29) is 18.5 Å². The first-order chi connectivity index (χ1) is 30.7. The normalized spacial score (nSPS) is 15.0. The standard InChI is InChI=1S/C52H59F2N3O7/c1-35-27-46-55-44(40-20-14-19-39(28-40)41-29-42(53)43(54)30-45(41)62-34-38-17-12-9-13-18-38)31-57(46)49(47(35)48(50(58)59-7)64-51(3,4)5)56-23-21-52(6,22-24-56)63-26-25-60-32-36(2)61-33-37-15-10-8-11-16-37/h8-20,27-31,36,48H,21-26,32-34H2,1-7H3/t36-,48?/m1/s1. The number of piperidine rings is 1. The van der Waals surface area contributed by atoms with Gasteiger partial charge < -0.3 is 33.3 Å². The second kappa shape index (κ2) is 20.5. The van der Waals surface area contributed by atoms with E-state index >= 15 is 0 Å². The van der Waals surface area contributed by atoms with Crippen molar-refractivity contribution in [1.82, 2.24) is 9.38 Å². The van der Waals surface area contributed by atoms with Gasteiger partial charge in [-0.1, -0.05) is 78.9 Å². The fourth-order valence-corrected chi connectivity index (χ4v) is 7.96. The number of hydrogen-bond acceptors (Lipinski definition) is 9. The summed E-state index contributed by atoms with van der Waals surface area (Å²) < 4.78 is 67.8. The van der Waals surface area contributed by atoms with Crippen LogP contribution in [-0.4, -0.2) is 72.7 Å². The molecule has 12 heteroatoms. The van der Waals surface area contributed by atoms with Crippen molar-refractivity contribution in [1.29, 1.82) is 0 Å². The molecule has 1 fully saturated rings. The van der Waals surface area contributed by atoms with Gasteiger partial charge in [0.25, 0.3) is 0 Å². The van der Waals surface area contributed by atoms with Crippen molar-refractivity contribution in [2.24, 2.45) is 0 Å². The molecule has 1 unspecified atom stereocenters. The number of methoxy groups -OCH3 is 1. The molecule has 1 aliphatic rings. The number of esters is 1. The minimum absolute atomic E-state index is 0.0555. The van der Waals surface area contributed by atoms with Gasteiger partial charge in [0.15, 0.2) is 17.7 Å². The maximum Gasteiger partial charge on any atom is 0.339 e. The third kappa shape index (κ3) is 11.5. The van der Waals surface area contributed by atoms with Crippen molar-refractivity contribution in [3.8, 4) is 28.1 Å². The first-order valence-electron chi connectivity index (χ1n) is 21.9. The van der Waals surface area contributed by atoms with Crippen molar-refractivity contribution < 1.29 is 42.0 Å². The molecule has 3 heterocycles. The molecule has 64 heavy (non-hydrogen) atoms. The predicted octanol–water partition coefficient (Wildman–Crippen LogP) is 10.9. The van der Waals surface area contributed by atoms with E-state index in [9.17, 15) is 13.6 Å². The number of imidazole rings is 1. The van der Waals surface area contributed by atoms with Gasteiger partial charge in [-0.15, -0.1) is 0 Å². The minimum Gasteiger partial charge on any atom is -0.488 e. The number of nitrogens with zero attached hydrogens (tertiary/aromatic N) is 3. The summed E-state index contributed by atoms with van der Waals surface area (Å²) in [5.41, 5.74) is 5.55. The Kier molecular flexibility index (Phi) is 14.8. The van der Waals surface area contributed by atoms with Gasteiger partial charge in [-0.05, 0) is 94.8 Å². The molecule has 2 aromatic heterocycles. The Bertz CT molecular complexity index is 2500. The molecule has 7 rings (SSSR count). The number of aromatic nitrogens is 2. The molecule has 0 amide bonds. The average Bonchev–Trinajstić information content (AvgIpc) is 3.71. The Labute approximate surface area is 375 Å². The largest absolute Gasteiger partial charge is 0.488 e. The summed E-state index contributed by atoms with van der Waals surface area (Å²) in [6.07, 6.45) is 2.30. The van der Waals surface area contributed by atoms with E-state index < -0.39 is 34.9 Å². The van der Waals surface area contributed by atoms with Crippen LogP contribution in [0.1, 0.15) is 75.8 Å². The lowest BCUT2D eigenvalue weighted by Gasteiger charge is -2.41. The minimum atomic E-state index is -1.03. The third-order valence-electron chi connectivity index (χ3n) is 11.4. The fraction of sp³-hybridized carbons (Fsp3) is 0.385. The molecule has 0 bridgehead atoms. The first-order valence-corrected chi connectivity index (χ1v) is 21.9. The number of ether oxygens (including phenoxy) is 6. The number of anilines is 1. The first kappa shape index (κ1) is 46.3. The van der Waals surface area contributed by atoms with Crippen LogP contribution in [0.25, 0.3) is 28.0 Å². The van der Waals surface area contributed by atoms with Crippen molar-refractivity contribution >= 4 is 17.4 Å². The maximum atomic E-state index is 14.8. The quantitative estimate of drug-likeness (QED) is 0.0618. The number of fused-ring (bicyclic) bond motifs is 1. The van der Waals surface area contributed by atoms with Crippen molar-refractivity contribution in [3.05, 3.63) is 143 Å². The Balaban J connectivity index is 1.14. The summed E-state index contributed by atoms with van der Waals surface area (Å²) in [6, 6.07) is 31.3. The summed E-state index contributed by atoms with van der Waals surface area (Å²) in [5.74, 6) is -1.48. The number of aryl methyl sites for hydroxylation is 1. The van der Waals surface area contributed by atoms with Gasteiger partial charge in [-0.25, -0.2) is 18.6 Å². The van der Waals surface area contributed by atoms with E-state index in [4.69, 9.17) is 33.4 Å². The number of carbonyl (C=O) groups is 1. The Morgan fingerprint density at radius 2 is 1.50 bits per heavy atom. The maximum absolute atomic E-state index is 14.8. The van der Waals surface area contributed by atoms with Crippen molar-refractivity contribution in [3.63, 3.8) is 0 Å². The molecule has 338 valence electrons. The monoisotopic (exact) mass is 875 g/mol. The SMILES string of the molecule is COC(=O)C(OC(C)(C)C)c1c(C)cc2nc(-c3cccc(-c4cc(F)c(F)cc4OCc4ccccc4)c3)cn2c1N1CCC(C)(OCCOC[C@@H](C)OCc2ccccc2)CC1. The van der Waals surface area contributed by atoms with Crippen LogP contribution < -0.4 is 9.64 Å². The highest BCUT2D eigenvalue weighted by Gasteiger charge is 2.37. The van der Waals surface area contributed by atoms with Crippen LogP contribution in [0.3, 0.4) is 0 Å². The second-order valence-electron chi connectivity index (χ2n) is 17.6. The number of hydrogen-bond donors (Lipinski definition) is 0. The highest BCUT2D eigenvalue weighted by Crippen LogP contribution is 2.41. The van der Waals surface area contributed by atoms with E-state index in [0.717, 1.165) is 34.1 Å². The molecule has 0 aliphatic carbocycles. The topological polar surface area (TPSA) is 93.0 Å². The van der Waals surface area contributed by atoms with E-state index in [1.54, 1.807) is 0 Å². The van der Waals surface area contributed by atoms with Gasteiger partial charge in [0.05, 0.1) is 56.5 Å². The number of benzene rings is 4. The van der Waals surface area contributed by atoms with Crippen LogP contribution in [0.2, 0.25) is 0 Å². The summed E-state index contributed by atoms with van der Waals surface area (Å²) in [6.45, 7) is 15.2. The van der Waals surface area contributed by atoms with Gasteiger partial charge in [0.2, 0.25) is 0 Å². The fourth-order valence-electron chi connectivity index (χ4n) is 7.96. The Morgan fingerprint density at radius 1 is 0.844 bits per heavy atom. The molecule has 1 saturated heterocycles. The van der Waals surface area contributed by atoms with Crippen LogP contribution in [0.5, 0.6) is 5.75 Å². The number of rotatable bonds is 18. The van der Waals surface area contributed by atoms with Crippen molar-refractivity contribution in [2.45, 2.75) is 91.0 Å². The van der Waals surface area contributed by atoms with Crippen LogP contribution in [0.4, 0.5) is 14.6 Å². The van der Waals surface area contributed by atoms with Gasteiger partial charge in [0, 0.05) is 42.0 Å². The van der Waals surface area contributed by atoms with Crippen LogP contribution >= 0.6 is 0 Å². The average molecular weight is 876 g/mol. The molecule has 10 nitrogen and oxygen atoms in total. The Morgan fingerprint density at radius 3 is 2.17 bits per heavy atom. The zero-order valence-electron chi connectivity index (χ0n) is 37.9. The van der Waals surface area contributed by atoms with Gasteiger partial charge in [-0.3, -0.25) is 4.40 Å². The summed E-state index contributed by atoms with van der Waals surface area (Å²) in [7, 11) is 1.37. The van der Waals surface area contributed by atoms with Crippen LogP contribution in [-0.2, 0) is 41.7 Å². The van der Waals surface area contributed by atoms with E-state index in [1.165, 1.54) is 13.2 Å². The molecule has 0 saturated carbocycles. The van der Waals surface area contributed by atoms with Gasteiger partial charge >= 0.3 is 5.97 Å². The smallest absolute Gasteiger partial charge is 0.339 e. The van der Waals surface area contributed by atoms with Crippen molar-refractivity contribution in [2.75, 3.05) is 44.9 Å². The molecule has 0 spiro atoms. The highest BCUT2D eigenvalue weighted by molar-refractivity contribution is 5.82. The van der Waals surface area contributed by atoms with Gasteiger partial charge in [-0.2, -0.15) is 0 Å². The highest BCUT2D eigenvalue weighted by atomic mass is 19.2. The molecular formula is C52H59F2N3O7. The molecular weight excluding hydrogens is 817 g/mol. The van der Waals surface area contributed by atoms with Gasteiger partial charge in [0.1, 0.15) is 23.8 Å². The zero-order chi connectivity index (χ0) is 45.4. The van der Waals surface area contributed by atoms with E-state index in [0.29, 0.717) is 80.4 Å². The molecule has 2 atom stereocenters. The predicted molar refractivity (Wildman–Crippen MR) is 244 cm³/mol. The summed E-state index contributed by atoms with van der Waals surface area (Å²) in [4.78, 5) is 21.0. The summed E-state index contributed by atoms with van der Waals surface area (Å²) in [5, 5.41) is 0. The Hall–Kier alpha value is -5.66. The summed E-state index contributed by atoms with van der Waals surface area (Å²) >= 11 is 0. The number of carbonyl (C=O) groups excluding carboxylic acids is 1. The lowest BCUT2D eigenvalue weighted by molar-refractivity contribution is -0.164. The van der Waals surface area contributed by atoms with E-state index in [2.05, 4.69) is 11.8 Å². The lowest BCUT2D eigenvalue weighted by atomic mass is 9.92. The molecule has 1 aliphatic heterocycles. The molecule has 0 radical (unpaired) electrons. The number of pyridine rings is 1. The van der Waals surface area contributed by atoms with E-state index in [1.807, 2.05) is 136 Å². The molecule has 0 N–H and O–H groups in total. The lowest BCUT2D eigenvalue weighted by Crippen LogP contribution is -2.46. The third-order valence-corrected chi connectivity index (χ3v) is 11.4. The van der Waals surface area contributed by atoms with Crippen LogP contribution in [0, 0.1) is 18.6 Å². The van der Waals surface area contributed by atoms with Crippen LogP contribution in [0.15, 0.2) is 109 Å². The second-order valence-corrected chi connectivity index (χ2v) is 17.6. The zero-order valence-corrected chi connectivity index (χ0v) is 37.9. The molecule has 4 aromatic carbocycles.